The van der Waals surface area contributed by atoms with Crippen molar-refractivity contribution in [1.82, 2.24) is 9.55 Å². The third-order valence-corrected chi connectivity index (χ3v) is 5.66. The van der Waals surface area contributed by atoms with Crippen LogP contribution < -0.4 is 10.9 Å². The standard InChI is InChI=1S/C21H25N3O4S/c1-5-28-19(27)13-6-8-14(9-7-13)22-17(25)10-15-12-29-20-23-16(21(2,3)4)11-18(26)24(15)20/h6-9,11,15H,5,10,12H2,1-4H3,(H,22,25). The van der Waals surface area contributed by atoms with E-state index in [4.69, 9.17) is 4.74 Å². The van der Waals surface area contributed by atoms with E-state index in [2.05, 4.69) is 10.3 Å². The summed E-state index contributed by atoms with van der Waals surface area (Å²) in [5, 5.41) is 3.48. The summed E-state index contributed by atoms with van der Waals surface area (Å²) in [6.07, 6.45) is 0.177. The molecular formula is C21H25N3O4S. The van der Waals surface area contributed by atoms with Crippen molar-refractivity contribution in [3.8, 4) is 0 Å². The number of hydrogen-bond donors (Lipinski definition) is 1. The van der Waals surface area contributed by atoms with Gasteiger partial charge in [0.2, 0.25) is 5.91 Å². The fourth-order valence-electron chi connectivity index (χ4n) is 3.02. The Bertz CT molecular complexity index is 977. The highest BCUT2D eigenvalue weighted by atomic mass is 32.2. The van der Waals surface area contributed by atoms with Crippen LogP contribution in [0.15, 0.2) is 40.3 Å². The molecule has 1 aromatic heterocycles. The third-order valence-electron chi connectivity index (χ3n) is 4.56. The summed E-state index contributed by atoms with van der Waals surface area (Å²) < 4.78 is 6.56. The van der Waals surface area contributed by atoms with Crippen LogP contribution >= 0.6 is 11.8 Å². The lowest BCUT2D eigenvalue weighted by molar-refractivity contribution is -0.116. The van der Waals surface area contributed by atoms with Gasteiger partial charge in [-0.3, -0.25) is 14.2 Å². The fourth-order valence-corrected chi connectivity index (χ4v) is 4.17. The van der Waals surface area contributed by atoms with Crippen LogP contribution in [0.1, 0.15) is 56.2 Å². The average Bonchev–Trinajstić information content (AvgIpc) is 3.05. The Kier molecular flexibility index (Phi) is 6.12. The molecule has 2 heterocycles. The molecule has 0 radical (unpaired) electrons. The zero-order valence-electron chi connectivity index (χ0n) is 17.0. The lowest BCUT2D eigenvalue weighted by Crippen LogP contribution is -2.29. The third kappa shape index (κ3) is 4.87. The Morgan fingerprint density at radius 1 is 1.28 bits per heavy atom. The Balaban J connectivity index is 1.67. The summed E-state index contributed by atoms with van der Waals surface area (Å²) in [6.45, 7) is 8.11. The van der Waals surface area contributed by atoms with Crippen LogP contribution in [0.3, 0.4) is 0 Å². The minimum Gasteiger partial charge on any atom is -0.462 e. The van der Waals surface area contributed by atoms with E-state index in [-0.39, 0.29) is 29.3 Å². The molecule has 0 fully saturated rings. The second-order valence-electron chi connectivity index (χ2n) is 7.90. The van der Waals surface area contributed by atoms with Gasteiger partial charge >= 0.3 is 5.97 Å². The quantitative estimate of drug-likeness (QED) is 0.595. The predicted molar refractivity (Wildman–Crippen MR) is 113 cm³/mol. The molecule has 0 bridgehead atoms. The van der Waals surface area contributed by atoms with E-state index in [1.807, 2.05) is 20.8 Å². The molecule has 1 unspecified atom stereocenters. The number of rotatable bonds is 5. The van der Waals surface area contributed by atoms with Crippen LogP contribution in [0.5, 0.6) is 0 Å². The molecule has 1 aromatic carbocycles. The van der Waals surface area contributed by atoms with E-state index in [1.165, 1.54) is 11.8 Å². The monoisotopic (exact) mass is 415 g/mol. The van der Waals surface area contributed by atoms with Gasteiger partial charge in [0.1, 0.15) is 0 Å². The Morgan fingerprint density at radius 2 is 1.97 bits per heavy atom. The van der Waals surface area contributed by atoms with Gasteiger partial charge in [-0.25, -0.2) is 9.78 Å². The van der Waals surface area contributed by atoms with E-state index >= 15 is 0 Å². The normalized spacial score (nSPS) is 15.7. The van der Waals surface area contributed by atoms with Gasteiger partial charge in [0, 0.05) is 29.3 Å². The first kappa shape index (κ1) is 21.1. The number of nitrogens with one attached hydrogen (secondary N) is 1. The summed E-state index contributed by atoms with van der Waals surface area (Å²) >= 11 is 1.50. The fraction of sp³-hybridized carbons (Fsp3) is 0.429. The molecule has 7 nitrogen and oxygen atoms in total. The van der Waals surface area contributed by atoms with E-state index in [1.54, 1.807) is 41.8 Å². The minimum absolute atomic E-state index is 0.124. The molecule has 1 atom stereocenters. The van der Waals surface area contributed by atoms with Crippen LogP contribution in [-0.4, -0.2) is 33.8 Å². The number of nitrogens with zero attached hydrogens (tertiary/aromatic N) is 2. The molecule has 0 spiro atoms. The molecule has 29 heavy (non-hydrogen) atoms. The molecule has 0 aliphatic carbocycles. The molecular weight excluding hydrogens is 390 g/mol. The van der Waals surface area contributed by atoms with Gasteiger partial charge in [-0.15, -0.1) is 0 Å². The highest BCUT2D eigenvalue weighted by Crippen LogP contribution is 2.33. The average molecular weight is 416 g/mol. The summed E-state index contributed by atoms with van der Waals surface area (Å²) in [5.41, 5.74) is 1.44. The lowest BCUT2D eigenvalue weighted by atomic mass is 9.92. The van der Waals surface area contributed by atoms with Gasteiger partial charge in [0.25, 0.3) is 5.56 Å². The SMILES string of the molecule is CCOC(=O)c1ccc(NC(=O)CC2CSc3nc(C(C)(C)C)cc(=O)n32)cc1. The summed E-state index contributed by atoms with van der Waals surface area (Å²) in [5.74, 6) is 0.0380. The van der Waals surface area contributed by atoms with Crippen molar-refractivity contribution in [2.75, 3.05) is 17.7 Å². The number of hydrogen-bond acceptors (Lipinski definition) is 6. The molecule has 8 heteroatoms. The van der Waals surface area contributed by atoms with Crippen molar-refractivity contribution in [3.63, 3.8) is 0 Å². The molecule has 0 saturated carbocycles. The van der Waals surface area contributed by atoms with Crippen LogP contribution in [0.4, 0.5) is 5.69 Å². The number of fused-ring (bicyclic) bond motifs is 1. The van der Waals surface area contributed by atoms with Gasteiger partial charge in [0.15, 0.2) is 5.16 Å². The van der Waals surface area contributed by atoms with Gasteiger partial charge in [-0.2, -0.15) is 0 Å². The number of ether oxygens (including phenoxy) is 1. The van der Waals surface area contributed by atoms with Crippen molar-refractivity contribution in [2.24, 2.45) is 0 Å². The number of carbonyl (C=O) groups excluding carboxylic acids is 2. The van der Waals surface area contributed by atoms with Crippen LogP contribution in [0.25, 0.3) is 0 Å². The van der Waals surface area contributed by atoms with Crippen LogP contribution in [-0.2, 0) is 14.9 Å². The molecule has 1 aliphatic rings. The molecule has 0 saturated heterocycles. The highest BCUT2D eigenvalue weighted by Gasteiger charge is 2.29. The summed E-state index contributed by atoms with van der Waals surface area (Å²) in [4.78, 5) is 41.4. The molecule has 1 N–H and O–H groups in total. The first-order valence-corrected chi connectivity index (χ1v) is 10.5. The number of benzene rings is 1. The van der Waals surface area contributed by atoms with Crippen molar-refractivity contribution in [2.45, 2.75) is 50.7 Å². The second-order valence-corrected chi connectivity index (χ2v) is 8.88. The smallest absolute Gasteiger partial charge is 0.338 e. The maximum atomic E-state index is 12.6. The first-order valence-electron chi connectivity index (χ1n) is 9.53. The zero-order valence-corrected chi connectivity index (χ0v) is 17.8. The summed E-state index contributed by atoms with van der Waals surface area (Å²) in [6, 6.07) is 7.86. The highest BCUT2D eigenvalue weighted by molar-refractivity contribution is 7.99. The first-order chi connectivity index (χ1) is 13.7. The number of thioether (sulfide) groups is 1. The molecule has 154 valence electrons. The number of anilines is 1. The lowest BCUT2D eigenvalue weighted by Gasteiger charge is -2.19. The maximum Gasteiger partial charge on any atom is 0.338 e. The van der Waals surface area contributed by atoms with Crippen LogP contribution in [0.2, 0.25) is 0 Å². The number of esters is 1. The van der Waals surface area contributed by atoms with E-state index in [9.17, 15) is 14.4 Å². The van der Waals surface area contributed by atoms with Crippen LogP contribution in [0, 0.1) is 0 Å². The minimum atomic E-state index is -0.397. The molecule has 1 aliphatic heterocycles. The van der Waals surface area contributed by atoms with Gasteiger partial charge in [-0.1, -0.05) is 32.5 Å². The predicted octanol–water partition coefficient (Wildman–Crippen LogP) is 3.39. The second kappa shape index (κ2) is 8.41. The Labute approximate surface area is 173 Å². The van der Waals surface area contributed by atoms with Crippen molar-refractivity contribution < 1.29 is 14.3 Å². The number of aromatic nitrogens is 2. The van der Waals surface area contributed by atoms with Gasteiger partial charge in [0.05, 0.1) is 23.9 Å². The Morgan fingerprint density at radius 3 is 2.59 bits per heavy atom. The van der Waals surface area contributed by atoms with Crippen molar-refractivity contribution in [1.29, 1.82) is 0 Å². The summed E-state index contributed by atoms with van der Waals surface area (Å²) in [7, 11) is 0. The largest absolute Gasteiger partial charge is 0.462 e. The van der Waals surface area contributed by atoms with Crippen molar-refractivity contribution >= 4 is 29.3 Å². The van der Waals surface area contributed by atoms with E-state index in [0.717, 1.165) is 5.69 Å². The zero-order chi connectivity index (χ0) is 21.2. The molecule has 2 aromatic rings. The van der Waals surface area contributed by atoms with Gasteiger partial charge < -0.3 is 10.1 Å². The van der Waals surface area contributed by atoms with E-state index < -0.39 is 5.97 Å². The topological polar surface area (TPSA) is 90.3 Å². The number of carbonyl (C=O) groups is 2. The van der Waals surface area contributed by atoms with Crippen molar-refractivity contribution in [3.05, 3.63) is 51.9 Å². The van der Waals surface area contributed by atoms with E-state index in [0.29, 0.717) is 28.8 Å². The maximum absolute atomic E-state index is 12.6. The Hall–Kier alpha value is -2.61. The van der Waals surface area contributed by atoms with Gasteiger partial charge in [-0.05, 0) is 31.2 Å². The number of amides is 1. The molecule has 1 amide bonds. The molecule has 3 rings (SSSR count).